The number of hydrogen-bond donors (Lipinski definition) is 3. The number of carbonyl (C=O) groups excluding carboxylic acids is 1. The lowest BCUT2D eigenvalue weighted by molar-refractivity contribution is -0.117. The lowest BCUT2D eigenvalue weighted by Crippen LogP contribution is -2.38. The number of unbranched alkanes of at least 4 members (excludes halogenated alkanes) is 1. The molecule has 1 unspecified atom stereocenters. The van der Waals surface area contributed by atoms with Crippen molar-refractivity contribution < 1.29 is 18.8 Å². The monoisotopic (exact) mass is 376 g/mol. The number of nitrogens with one attached hydrogen (secondary N) is 1. The van der Waals surface area contributed by atoms with Gasteiger partial charge in [0.15, 0.2) is 0 Å². The van der Waals surface area contributed by atoms with Crippen molar-refractivity contribution in [2.45, 2.75) is 32.2 Å². The second kappa shape index (κ2) is 10.2. The largest absolute Gasteiger partial charge is 0.326 e. The zero-order valence-electron chi connectivity index (χ0n) is 14.8. The van der Waals surface area contributed by atoms with Crippen molar-refractivity contribution in [1.82, 2.24) is 0 Å². The summed E-state index contributed by atoms with van der Waals surface area (Å²) >= 11 is 0. The first-order chi connectivity index (χ1) is 12.5. The molecule has 6 nitrogen and oxygen atoms in total. The SMILES string of the molecule is CCCCc1ccc(-c2ccc(NC(=O)[C@@H](N)CO[PH](=O)O)cc2)cc1. The summed E-state index contributed by atoms with van der Waals surface area (Å²) < 4.78 is 15.0. The van der Waals surface area contributed by atoms with Crippen LogP contribution in [0.25, 0.3) is 11.1 Å². The molecule has 0 aliphatic heterocycles. The normalized spacial score (nSPS) is 13.2. The van der Waals surface area contributed by atoms with E-state index in [0.717, 1.165) is 17.5 Å². The van der Waals surface area contributed by atoms with Crippen molar-refractivity contribution >= 4 is 19.8 Å². The van der Waals surface area contributed by atoms with Gasteiger partial charge in [0.2, 0.25) is 5.91 Å². The molecule has 0 saturated carbocycles. The Morgan fingerprint density at radius 3 is 2.27 bits per heavy atom. The summed E-state index contributed by atoms with van der Waals surface area (Å²) in [7, 11) is -3.09. The second-order valence-electron chi connectivity index (χ2n) is 6.05. The van der Waals surface area contributed by atoms with Gasteiger partial charge in [0.25, 0.3) is 0 Å². The van der Waals surface area contributed by atoms with Crippen LogP contribution in [0.4, 0.5) is 5.69 Å². The second-order valence-corrected chi connectivity index (χ2v) is 6.87. The number of rotatable bonds is 9. The average Bonchev–Trinajstić information content (AvgIpc) is 2.65. The average molecular weight is 376 g/mol. The smallest absolute Gasteiger partial charge is 0.316 e. The predicted molar refractivity (Wildman–Crippen MR) is 104 cm³/mol. The third-order valence-corrected chi connectivity index (χ3v) is 4.40. The van der Waals surface area contributed by atoms with E-state index in [1.165, 1.54) is 18.4 Å². The Labute approximate surface area is 154 Å². The minimum absolute atomic E-state index is 0.303. The van der Waals surface area contributed by atoms with Gasteiger partial charge >= 0.3 is 8.25 Å². The standard InChI is InChI=1S/C19H25N2O4P/c1-2-3-4-14-5-7-15(8-6-14)16-9-11-17(12-10-16)21-19(22)18(20)13-25-26(23)24/h5-12,18,26H,2-4,13,20H2,1H3,(H,21,22)(H,23,24)/t18-/m0/s1. The van der Waals surface area contributed by atoms with Gasteiger partial charge in [-0.05, 0) is 41.7 Å². The Hall–Kier alpha value is -1.98. The van der Waals surface area contributed by atoms with Gasteiger partial charge in [-0.15, -0.1) is 0 Å². The van der Waals surface area contributed by atoms with E-state index < -0.39 is 20.2 Å². The molecule has 140 valence electrons. The lowest BCUT2D eigenvalue weighted by Gasteiger charge is -2.12. The van der Waals surface area contributed by atoms with Crippen LogP contribution in [0, 0.1) is 0 Å². The quantitative estimate of drug-likeness (QED) is 0.583. The van der Waals surface area contributed by atoms with Crippen LogP contribution in [0.1, 0.15) is 25.3 Å². The zero-order chi connectivity index (χ0) is 18.9. The molecule has 1 amide bonds. The van der Waals surface area contributed by atoms with Gasteiger partial charge < -0.3 is 20.5 Å². The summed E-state index contributed by atoms with van der Waals surface area (Å²) in [5.74, 6) is -0.471. The summed E-state index contributed by atoms with van der Waals surface area (Å²) in [6.07, 6.45) is 3.47. The highest BCUT2D eigenvalue weighted by Gasteiger charge is 2.14. The summed E-state index contributed by atoms with van der Waals surface area (Å²) in [5, 5.41) is 2.66. The highest BCUT2D eigenvalue weighted by Crippen LogP contribution is 2.22. The van der Waals surface area contributed by atoms with Gasteiger partial charge in [-0.25, -0.2) is 0 Å². The van der Waals surface area contributed by atoms with Gasteiger partial charge in [-0.1, -0.05) is 49.7 Å². The van der Waals surface area contributed by atoms with Crippen molar-refractivity contribution in [2.24, 2.45) is 5.73 Å². The number of nitrogens with two attached hydrogens (primary N) is 1. The molecule has 2 rings (SSSR count). The molecule has 0 spiro atoms. The van der Waals surface area contributed by atoms with Crippen LogP contribution in [-0.4, -0.2) is 23.4 Å². The summed E-state index contributed by atoms with van der Waals surface area (Å²) in [4.78, 5) is 20.5. The van der Waals surface area contributed by atoms with E-state index >= 15 is 0 Å². The number of benzene rings is 2. The fourth-order valence-corrected chi connectivity index (χ4v) is 2.78. The van der Waals surface area contributed by atoms with Crippen LogP contribution >= 0.6 is 8.25 Å². The molecule has 0 radical (unpaired) electrons. The maximum absolute atomic E-state index is 11.9. The first kappa shape index (κ1) is 20.3. The van der Waals surface area contributed by atoms with E-state index in [9.17, 15) is 9.36 Å². The van der Waals surface area contributed by atoms with Crippen molar-refractivity contribution in [2.75, 3.05) is 11.9 Å². The molecule has 0 aliphatic rings. The van der Waals surface area contributed by atoms with Gasteiger partial charge in [0, 0.05) is 5.69 Å². The van der Waals surface area contributed by atoms with Crippen LogP contribution < -0.4 is 11.1 Å². The Kier molecular flexibility index (Phi) is 8.01. The molecule has 2 aromatic carbocycles. The van der Waals surface area contributed by atoms with Crippen molar-refractivity contribution in [1.29, 1.82) is 0 Å². The fraction of sp³-hybridized carbons (Fsp3) is 0.316. The van der Waals surface area contributed by atoms with Crippen LogP contribution in [0.2, 0.25) is 0 Å². The highest BCUT2D eigenvalue weighted by molar-refractivity contribution is 7.32. The van der Waals surface area contributed by atoms with Crippen LogP contribution in [0.3, 0.4) is 0 Å². The molecule has 2 aromatic rings. The maximum atomic E-state index is 11.9. The van der Waals surface area contributed by atoms with E-state index in [2.05, 4.69) is 41.0 Å². The molecule has 0 heterocycles. The first-order valence-corrected chi connectivity index (χ1v) is 9.87. The summed E-state index contributed by atoms with van der Waals surface area (Å²) in [6.45, 7) is 1.88. The molecule has 0 saturated heterocycles. The van der Waals surface area contributed by atoms with Crippen molar-refractivity contribution in [3.05, 3.63) is 54.1 Å². The van der Waals surface area contributed by atoms with Gasteiger partial charge in [0.1, 0.15) is 6.04 Å². The Morgan fingerprint density at radius 1 is 1.15 bits per heavy atom. The molecule has 4 N–H and O–H groups in total. The van der Waals surface area contributed by atoms with E-state index in [1.807, 2.05) is 12.1 Å². The topological polar surface area (TPSA) is 102 Å². The molecule has 0 aliphatic carbocycles. The van der Waals surface area contributed by atoms with Crippen molar-refractivity contribution in [3.8, 4) is 11.1 Å². The van der Waals surface area contributed by atoms with Crippen LogP contribution in [-0.2, 0) is 20.3 Å². The Bertz CT molecular complexity index is 732. The third-order valence-electron chi connectivity index (χ3n) is 3.98. The maximum Gasteiger partial charge on any atom is 0.316 e. The summed E-state index contributed by atoms with van der Waals surface area (Å²) in [6, 6.07) is 14.9. The minimum atomic E-state index is -3.09. The number of anilines is 1. The number of aryl methyl sites for hydroxylation is 1. The van der Waals surface area contributed by atoms with Gasteiger partial charge in [0.05, 0.1) is 6.61 Å². The van der Waals surface area contributed by atoms with Crippen LogP contribution in [0.15, 0.2) is 48.5 Å². The lowest BCUT2D eigenvalue weighted by atomic mass is 10.0. The highest BCUT2D eigenvalue weighted by atomic mass is 31.1. The summed E-state index contributed by atoms with van der Waals surface area (Å²) in [5.41, 5.74) is 9.71. The third kappa shape index (κ3) is 6.39. The molecular formula is C19H25N2O4P. The molecule has 0 fully saturated rings. The number of amides is 1. The predicted octanol–water partition coefficient (Wildman–Crippen LogP) is 3.36. The molecular weight excluding hydrogens is 351 g/mol. The van der Waals surface area contributed by atoms with Crippen molar-refractivity contribution in [3.63, 3.8) is 0 Å². The Morgan fingerprint density at radius 2 is 1.73 bits per heavy atom. The molecule has 2 atom stereocenters. The van der Waals surface area contributed by atoms with Gasteiger partial charge in [-0.3, -0.25) is 9.36 Å². The molecule has 0 aromatic heterocycles. The molecule has 0 bridgehead atoms. The van der Waals surface area contributed by atoms with E-state index in [4.69, 9.17) is 10.6 Å². The number of carbonyl (C=O) groups is 1. The first-order valence-electron chi connectivity index (χ1n) is 8.61. The Balaban J connectivity index is 1.95. The van der Waals surface area contributed by atoms with Gasteiger partial charge in [-0.2, -0.15) is 0 Å². The fourth-order valence-electron chi connectivity index (χ4n) is 2.46. The van der Waals surface area contributed by atoms with E-state index in [-0.39, 0.29) is 6.61 Å². The minimum Gasteiger partial charge on any atom is -0.326 e. The zero-order valence-corrected chi connectivity index (χ0v) is 15.8. The van der Waals surface area contributed by atoms with Crippen LogP contribution in [0.5, 0.6) is 0 Å². The van der Waals surface area contributed by atoms with E-state index in [0.29, 0.717) is 5.69 Å². The van der Waals surface area contributed by atoms with E-state index in [1.54, 1.807) is 12.1 Å². The number of hydrogen-bond acceptors (Lipinski definition) is 4. The molecule has 7 heteroatoms. The molecule has 26 heavy (non-hydrogen) atoms.